The molecule has 8 heteroatoms. The van der Waals surface area contributed by atoms with Crippen LogP contribution in [0.1, 0.15) is 29.8 Å². The van der Waals surface area contributed by atoms with Crippen molar-refractivity contribution >= 4 is 34.7 Å². The van der Waals surface area contributed by atoms with E-state index in [0.717, 1.165) is 9.13 Å². The van der Waals surface area contributed by atoms with E-state index in [0.29, 0.717) is 41.8 Å². The molecule has 0 bridgehead atoms. The van der Waals surface area contributed by atoms with Crippen LogP contribution in [-0.4, -0.2) is 39.6 Å². The third-order valence-corrected chi connectivity index (χ3v) is 4.44. The fourth-order valence-corrected chi connectivity index (χ4v) is 3.29. The lowest BCUT2D eigenvalue weighted by Crippen LogP contribution is -2.17. The molecule has 0 aliphatic carbocycles. The van der Waals surface area contributed by atoms with E-state index >= 15 is 0 Å². The van der Waals surface area contributed by atoms with Crippen molar-refractivity contribution in [2.75, 3.05) is 27.4 Å². The average Bonchev–Trinajstić information content (AvgIpc) is 2.68. The van der Waals surface area contributed by atoms with Gasteiger partial charge in [0.1, 0.15) is 0 Å². The van der Waals surface area contributed by atoms with Gasteiger partial charge < -0.3 is 18.9 Å². The molecule has 0 aliphatic rings. The van der Waals surface area contributed by atoms with Crippen LogP contribution in [0.3, 0.4) is 0 Å². The van der Waals surface area contributed by atoms with E-state index in [1.165, 1.54) is 0 Å². The molecule has 0 unspecified atom stereocenters. The SMILES string of the molecule is CCOc1cc(C(=O)NN=Cc2cc(I)c(OC)c(OCC)c2)ccc1OC. The van der Waals surface area contributed by atoms with Crippen molar-refractivity contribution in [2.24, 2.45) is 5.10 Å². The Bertz CT molecular complexity index is 855. The fourth-order valence-electron chi connectivity index (χ4n) is 2.44. The highest BCUT2D eigenvalue weighted by Gasteiger charge is 2.12. The lowest BCUT2D eigenvalue weighted by atomic mass is 10.2. The minimum Gasteiger partial charge on any atom is -0.493 e. The molecule has 2 rings (SSSR count). The van der Waals surface area contributed by atoms with Crippen LogP contribution in [0, 0.1) is 3.57 Å². The van der Waals surface area contributed by atoms with Crippen LogP contribution in [0.25, 0.3) is 0 Å². The normalized spacial score (nSPS) is 10.6. The van der Waals surface area contributed by atoms with Gasteiger partial charge in [0.2, 0.25) is 0 Å². The number of methoxy groups -OCH3 is 2. The Morgan fingerprint density at radius 1 is 1.04 bits per heavy atom. The van der Waals surface area contributed by atoms with E-state index in [-0.39, 0.29) is 5.91 Å². The van der Waals surface area contributed by atoms with E-state index in [1.807, 2.05) is 19.9 Å². The number of nitrogens with one attached hydrogen (secondary N) is 1. The van der Waals surface area contributed by atoms with E-state index in [9.17, 15) is 4.79 Å². The molecular formula is C20H23IN2O5. The first-order chi connectivity index (χ1) is 13.5. The minimum atomic E-state index is -0.354. The Balaban J connectivity index is 2.14. The zero-order valence-electron chi connectivity index (χ0n) is 16.2. The minimum absolute atomic E-state index is 0.354. The molecule has 1 amide bonds. The van der Waals surface area contributed by atoms with Gasteiger partial charge in [0.15, 0.2) is 23.0 Å². The first kappa shape index (κ1) is 21.8. The lowest BCUT2D eigenvalue weighted by Gasteiger charge is -2.12. The lowest BCUT2D eigenvalue weighted by molar-refractivity contribution is 0.0954. The van der Waals surface area contributed by atoms with Crippen molar-refractivity contribution in [3.8, 4) is 23.0 Å². The summed E-state index contributed by atoms with van der Waals surface area (Å²) in [7, 11) is 3.15. The summed E-state index contributed by atoms with van der Waals surface area (Å²) < 4.78 is 22.6. The number of halogens is 1. The topological polar surface area (TPSA) is 78.4 Å². The molecule has 0 atom stereocenters. The summed E-state index contributed by atoms with van der Waals surface area (Å²) in [5.41, 5.74) is 3.71. The number of benzene rings is 2. The molecule has 2 aromatic rings. The first-order valence-electron chi connectivity index (χ1n) is 8.68. The Morgan fingerprint density at radius 2 is 1.75 bits per heavy atom. The van der Waals surface area contributed by atoms with Crippen molar-refractivity contribution in [1.82, 2.24) is 5.43 Å². The van der Waals surface area contributed by atoms with E-state index in [4.69, 9.17) is 18.9 Å². The quantitative estimate of drug-likeness (QED) is 0.323. The van der Waals surface area contributed by atoms with Crippen molar-refractivity contribution in [2.45, 2.75) is 13.8 Å². The maximum atomic E-state index is 12.4. The monoisotopic (exact) mass is 498 g/mol. The van der Waals surface area contributed by atoms with Crippen molar-refractivity contribution in [3.05, 3.63) is 45.0 Å². The average molecular weight is 498 g/mol. The third-order valence-electron chi connectivity index (χ3n) is 3.64. The number of hydrogen-bond acceptors (Lipinski definition) is 6. The maximum Gasteiger partial charge on any atom is 0.271 e. The number of amides is 1. The molecule has 1 N–H and O–H groups in total. The summed E-state index contributed by atoms with van der Waals surface area (Å²) >= 11 is 2.16. The predicted molar refractivity (Wildman–Crippen MR) is 116 cm³/mol. The Morgan fingerprint density at radius 3 is 2.39 bits per heavy atom. The van der Waals surface area contributed by atoms with Gasteiger partial charge in [0, 0.05) is 5.56 Å². The number of carbonyl (C=O) groups is 1. The van der Waals surface area contributed by atoms with Crippen LogP contribution in [0.2, 0.25) is 0 Å². The van der Waals surface area contributed by atoms with Gasteiger partial charge >= 0.3 is 0 Å². The van der Waals surface area contributed by atoms with Crippen LogP contribution in [0.5, 0.6) is 23.0 Å². The van der Waals surface area contributed by atoms with Gasteiger partial charge in [-0.3, -0.25) is 4.79 Å². The van der Waals surface area contributed by atoms with E-state index in [2.05, 4.69) is 33.1 Å². The van der Waals surface area contributed by atoms with Gasteiger partial charge in [-0.1, -0.05) is 0 Å². The van der Waals surface area contributed by atoms with Gasteiger partial charge in [-0.2, -0.15) is 5.10 Å². The molecule has 7 nitrogen and oxygen atoms in total. The highest BCUT2D eigenvalue weighted by atomic mass is 127. The van der Waals surface area contributed by atoms with Gasteiger partial charge in [-0.15, -0.1) is 0 Å². The molecular weight excluding hydrogens is 475 g/mol. The molecule has 28 heavy (non-hydrogen) atoms. The summed E-state index contributed by atoms with van der Waals surface area (Å²) in [6, 6.07) is 8.65. The summed E-state index contributed by atoms with van der Waals surface area (Å²) in [5, 5.41) is 4.04. The van der Waals surface area contributed by atoms with Crippen LogP contribution < -0.4 is 24.4 Å². The number of rotatable bonds is 9. The highest BCUT2D eigenvalue weighted by molar-refractivity contribution is 14.1. The second-order valence-electron chi connectivity index (χ2n) is 5.46. The predicted octanol–water partition coefficient (Wildman–Crippen LogP) is 3.87. The Labute approximate surface area is 178 Å². The van der Waals surface area contributed by atoms with Gasteiger partial charge in [-0.25, -0.2) is 5.43 Å². The first-order valence-corrected chi connectivity index (χ1v) is 9.76. The molecule has 0 aromatic heterocycles. The molecule has 0 fully saturated rings. The number of nitrogens with zero attached hydrogens (tertiary/aromatic N) is 1. The van der Waals surface area contributed by atoms with E-state index in [1.54, 1.807) is 44.7 Å². The number of carbonyl (C=O) groups excluding carboxylic acids is 1. The largest absolute Gasteiger partial charge is 0.493 e. The van der Waals surface area contributed by atoms with Crippen LogP contribution >= 0.6 is 22.6 Å². The zero-order chi connectivity index (χ0) is 20.5. The highest BCUT2D eigenvalue weighted by Crippen LogP contribution is 2.33. The second-order valence-corrected chi connectivity index (χ2v) is 6.63. The maximum absolute atomic E-state index is 12.4. The molecule has 0 saturated heterocycles. The summed E-state index contributed by atoms with van der Waals surface area (Å²) in [6.07, 6.45) is 1.55. The molecule has 0 spiro atoms. The van der Waals surface area contributed by atoms with Crippen LogP contribution in [0.15, 0.2) is 35.4 Å². The Kier molecular flexibility index (Phi) is 8.37. The second kappa shape index (κ2) is 10.7. The zero-order valence-corrected chi connectivity index (χ0v) is 18.4. The Hall–Kier alpha value is -2.49. The number of ether oxygens (including phenoxy) is 4. The standard InChI is InChI=1S/C20H23IN2O5/c1-5-27-17-11-14(7-8-16(17)25-3)20(24)23-22-12-13-9-15(21)19(26-4)18(10-13)28-6-2/h7-12H,5-6H2,1-4H3,(H,23,24). The van der Waals surface area contributed by atoms with Crippen molar-refractivity contribution in [1.29, 1.82) is 0 Å². The summed E-state index contributed by atoms with van der Waals surface area (Å²) in [5.74, 6) is 2.02. The van der Waals surface area contributed by atoms with Crippen molar-refractivity contribution < 1.29 is 23.7 Å². The third kappa shape index (κ3) is 5.51. The molecule has 0 aliphatic heterocycles. The van der Waals surface area contributed by atoms with E-state index < -0.39 is 0 Å². The molecule has 0 saturated carbocycles. The van der Waals surface area contributed by atoms with Gasteiger partial charge in [0.25, 0.3) is 5.91 Å². The van der Waals surface area contributed by atoms with Crippen LogP contribution in [-0.2, 0) is 0 Å². The van der Waals surface area contributed by atoms with Crippen LogP contribution in [0.4, 0.5) is 0 Å². The molecule has 0 radical (unpaired) electrons. The number of hydrazone groups is 1. The molecule has 2 aromatic carbocycles. The molecule has 150 valence electrons. The summed E-state index contributed by atoms with van der Waals surface area (Å²) in [6.45, 7) is 4.75. The number of hydrogen-bond donors (Lipinski definition) is 1. The smallest absolute Gasteiger partial charge is 0.271 e. The van der Waals surface area contributed by atoms with Crippen molar-refractivity contribution in [3.63, 3.8) is 0 Å². The summed E-state index contributed by atoms with van der Waals surface area (Å²) in [4.78, 5) is 12.4. The fraction of sp³-hybridized carbons (Fsp3) is 0.300. The molecule has 0 heterocycles. The van der Waals surface area contributed by atoms with Gasteiger partial charge in [-0.05, 0) is 72.3 Å². The van der Waals surface area contributed by atoms with Gasteiger partial charge in [0.05, 0.1) is 37.2 Å².